The first-order chi connectivity index (χ1) is 9.60. The van der Waals surface area contributed by atoms with Crippen LogP contribution in [-0.4, -0.2) is 18.8 Å². The second-order valence-corrected chi connectivity index (χ2v) is 6.12. The van der Waals surface area contributed by atoms with E-state index in [4.69, 9.17) is 10.00 Å². The van der Waals surface area contributed by atoms with Gasteiger partial charge in [0.2, 0.25) is 0 Å². The molecule has 0 bridgehead atoms. The predicted octanol–water partition coefficient (Wildman–Crippen LogP) is 3.27. The summed E-state index contributed by atoms with van der Waals surface area (Å²) in [5.74, 6) is 0.726. The summed E-state index contributed by atoms with van der Waals surface area (Å²) >= 11 is 1.60. The Morgan fingerprint density at radius 3 is 2.90 bits per heavy atom. The Hall–Kier alpha value is -1.54. The van der Waals surface area contributed by atoms with Crippen LogP contribution in [0.25, 0.3) is 0 Å². The maximum absolute atomic E-state index is 13.9. The van der Waals surface area contributed by atoms with Gasteiger partial charge in [0, 0.05) is 5.75 Å². The van der Waals surface area contributed by atoms with Crippen LogP contribution in [-0.2, 0) is 15.3 Å². The minimum atomic E-state index is -0.430. The smallest absolute Gasteiger partial charge is 0.306 e. The first kappa shape index (κ1) is 14.9. The standard InChI is InChI=1S/C15H16FNO2S/c1-19-13(18)7-15(5-6-15)10-20-9-12-4-2-3-11(8-17)14(12)16/h2-4H,5-7,9-10H2,1H3. The summed E-state index contributed by atoms with van der Waals surface area (Å²) in [6, 6.07) is 6.71. The minimum absolute atomic E-state index is 0.0427. The summed E-state index contributed by atoms with van der Waals surface area (Å²) in [7, 11) is 1.40. The minimum Gasteiger partial charge on any atom is -0.469 e. The van der Waals surface area contributed by atoms with Gasteiger partial charge in [-0.2, -0.15) is 17.0 Å². The van der Waals surface area contributed by atoms with Crippen LogP contribution in [0.1, 0.15) is 30.4 Å². The van der Waals surface area contributed by atoms with Crippen LogP contribution < -0.4 is 0 Å². The molecule has 1 aromatic carbocycles. The van der Waals surface area contributed by atoms with Crippen molar-refractivity contribution in [3.8, 4) is 6.07 Å². The van der Waals surface area contributed by atoms with Gasteiger partial charge in [0.1, 0.15) is 11.9 Å². The van der Waals surface area contributed by atoms with Crippen molar-refractivity contribution in [1.82, 2.24) is 0 Å². The van der Waals surface area contributed by atoms with Crippen LogP contribution in [0.5, 0.6) is 0 Å². The number of ether oxygens (including phenoxy) is 1. The average molecular weight is 293 g/mol. The summed E-state index contributed by atoms with van der Waals surface area (Å²) in [4.78, 5) is 11.3. The lowest BCUT2D eigenvalue weighted by molar-refractivity contribution is -0.141. The lowest BCUT2D eigenvalue weighted by Crippen LogP contribution is -2.13. The van der Waals surface area contributed by atoms with Crippen LogP contribution in [0.4, 0.5) is 4.39 Å². The van der Waals surface area contributed by atoms with E-state index in [9.17, 15) is 9.18 Å². The first-order valence-electron chi connectivity index (χ1n) is 6.42. The number of nitrogens with zero attached hydrogens (tertiary/aromatic N) is 1. The van der Waals surface area contributed by atoms with Gasteiger partial charge in [0.15, 0.2) is 0 Å². The summed E-state index contributed by atoms with van der Waals surface area (Å²) in [5.41, 5.74) is 0.669. The number of esters is 1. The molecule has 1 aromatic rings. The SMILES string of the molecule is COC(=O)CC1(CSCc2cccc(C#N)c2F)CC1. The molecule has 0 aliphatic heterocycles. The molecule has 1 aliphatic rings. The topological polar surface area (TPSA) is 50.1 Å². The maximum Gasteiger partial charge on any atom is 0.306 e. The average Bonchev–Trinajstić information content (AvgIpc) is 3.20. The summed E-state index contributed by atoms with van der Waals surface area (Å²) in [5, 5.41) is 8.79. The number of hydrogen-bond donors (Lipinski definition) is 0. The van der Waals surface area contributed by atoms with Gasteiger partial charge in [-0.15, -0.1) is 0 Å². The molecule has 106 valence electrons. The Bertz CT molecular complexity index is 549. The molecule has 1 fully saturated rings. The fourth-order valence-electron chi connectivity index (χ4n) is 2.08. The van der Waals surface area contributed by atoms with Crippen molar-refractivity contribution in [3.63, 3.8) is 0 Å². The third-order valence-corrected chi connectivity index (χ3v) is 4.90. The molecule has 0 spiro atoms. The monoisotopic (exact) mass is 293 g/mol. The molecule has 0 radical (unpaired) electrons. The largest absolute Gasteiger partial charge is 0.469 e. The molecule has 0 heterocycles. The van der Waals surface area contributed by atoms with Crippen LogP contribution in [0.2, 0.25) is 0 Å². The predicted molar refractivity (Wildman–Crippen MR) is 75.6 cm³/mol. The number of hydrogen-bond acceptors (Lipinski definition) is 4. The molecular formula is C15H16FNO2S. The van der Waals surface area contributed by atoms with E-state index in [1.54, 1.807) is 23.9 Å². The molecule has 5 heteroatoms. The van der Waals surface area contributed by atoms with Gasteiger partial charge < -0.3 is 4.74 Å². The molecular weight excluding hydrogens is 277 g/mol. The Balaban J connectivity index is 1.88. The fourth-order valence-corrected chi connectivity index (χ4v) is 3.45. The summed E-state index contributed by atoms with van der Waals surface area (Å²) in [6.07, 6.45) is 2.49. The van der Waals surface area contributed by atoms with Crippen molar-refractivity contribution in [1.29, 1.82) is 5.26 Å². The highest BCUT2D eigenvalue weighted by Gasteiger charge is 2.44. The first-order valence-corrected chi connectivity index (χ1v) is 7.58. The number of thioether (sulfide) groups is 1. The van der Waals surface area contributed by atoms with E-state index >= 15 is 0 Å². The van der Waals surface area contributed by atoms with E-state index in [1.165, 1.54) is 13.2 Å². The number of benzene rings is 1. The molecule has 0 unspecified atom stereocenters. The summed E-state index contributed by atoms with van der Waals surface area (Å²) < 4.78 is 18.6. The summed E-state index contributed by atoms with van der Waals surface area (Å²) in [6.45, 7) is 0. The normalized spacial score (nSPS) is 15.4. The highest BCUT2D eigenvalue weighted by molar-refractivity contribution is 7.98. The van der Waals surface area contributed by atoms with Gasteiger partial charge >= 0.3 is 5.97 Å². The van der Waals surface area contributed by atoms with Gasteiger partial charge in [-0.1, -0.05) is 12.1 Å². The number of rotatable bonds is 6. The highest BCUT2D eigenvalue weighted by Crippen LogP contribution is 2.51. The molecule has 1 aliphatic carbocycles. The van der Waals surface area contributed by atoms with Crippen LogP contribution in [0.3, 0.4) is 0 Å². The van der Waals surface area contributed by atoms with E-state index in [-0.39, 0.29) is 16.9 Å². The van der Waals surface area contributed by atoms with Gasteiger partial charge in [-0.25, -0.2) is 4.39 Å². The van der Waals surface area contributed by atoms with Crippen molar-refractivity contribution in [3.05, 3.63) is 35.1 Å². The van der Waals surface area contributed by atoms with Gasteiger partial charge in [0.25, 0.3) is 0 Å². The third kappa shape index (κ3) is 3.51. The Kier molecular flexibility index (Phi) is 4.66. The fraction of sp³-hybridized carbons (Fsp3) is 0.467. The second kappa shape index (κ2) is 6.27. The molecule has 3 nitrogen and oxygen atoms in total. The molecule has 0 N–H and O–H groups in total. The van der Waals surface area contributed by atoms with Crippen LogP contribution in [0, 0.1) is 22.6 Å². The molecule has 0 atom stereocenters. The van der Waals surface area contributed by atoms with E-state index in [0.717, 1.165) is 18.6 Å². The zero-order chi connectivity index (χ0) is 14.6. The Morgan fingerprint density at radius 1 is 1.55 bits per heavy atom. The zero-order valence-electron chi connectivity index (χ0n) is 11.3. The third-order valence-electron chi connectivity index (χ3n) is 3.57. The van der Waals surface area contributed by atoms with Crippen molar-refractivity contribution >= 4 is 17.7 Å². The number of halogens is 1. The van der Waals surface area contributed by atoms with Gasteiger partial charge in [-0.3, -0.25) is 4.79 Å². The van der Waals surface area contributed by atoms with Crippen molar-refractivity contribution in [2.24, 2.45) is 5.41 Å². The van der Waals surface area contributed by atoms with E-state index in [2.05, 4.69) is 0 Å². The molecule has 1 saturated carbocycles. The highest BCUT2D eigenvalue weighted by atomic mass is 32.2. The van der Waals surface area contributed by atoms with Crippen LogP contribution in [0.15, 0.2) is 18.2 Å². The van der Waals surface area contributed by atoms with E-state index in [1.807, 2.05) is 6.07 Å². The van der Waals surface area contributed by atoms with E-state index < -0.39 is 5.82 Å². The molecule has 0 amide bonds. The lowest BCUT2D eigenvalue weighted by Gasteiger charge is -2.13. The second-order valence-electron chi connectivity index (χ2n) is 5.14. The Labute approximate surface area is 122 Å². The molecule has 0 saturated heterocycles. The van der Waals surface area contributed by atoms with Crippen molar-refractivity contribution in [2.75, 3.05) is 12.9 Å². The van der Waals surface area contributed by atoms with Crippen molar-refractivity contribution in [2.45, 2.75) is 25.0 Å². The number of carbonyl (C=O) groups is 1. The van der Waals surface area contributed by atoms with Crippen molar-refractivity contribution < 1.29 is 13.9 Å². The Morgan fingerprint density at radius 2 is 2.30 bits per heavy atom. The number of methoxy groups -OCH3 is 1. The number of nitriles is 1. The molecule has 2 rings (SSSR count). The van der Waals surface area contributed by atoms with E-state index in [0.29, 0.717) is 17.7 Å². The van der Waals surface area contributed by atoms with Crippen LogP contribution >= 0.6 is 11.8 Å². The zero-order valence-corrected chi connectivity index (χ0v) is 12.1. The van der Waals surface area contributed by atoms with Gasteiger partial charge in [0.05, 0.1) is 19.1 Å². The molecule has 0 aromatic heterocycles. The quantitative estimate of drug-likeness (QED) is 0.755. The maximum atomic E-state index is 13.9. The number of carbonyl (C=O) groups excluding carboxylic acids is 1. The van der Waals surface area contributed by atoms with Gasteiger partial charge in [-0.05, 0) is 35.6 Å². The lowest BCUT2D eigenvalue weighted by atomic mass is 10.1. The molecule has 20 heavy (non-hydrogen) atoms.